The molecule has 0 saturated heterocycles. The molecule has 130 valence electrons. The summed E-state index contributed by atoms with van der Waals surface area (Å²) in [6.45, 7) is 2.03. The van der Waals surface area contributed by atoms with Crippen LogP contribution in [0.25, 0.3) is 11.1 Å². The van der Waals surface area contributed by atoms with Crippen molar-refractivity contribution in [2.24, 2.45) is 5.73 Å². The Hall–Kier alpha value is -2.07. The van der Waals surface area contributed by atoms with Crippen molar-refractivity contribution < 1.29 is 8.81 Å². The summed E-state index contributed by atoms with van der Waals surface area (Å²) in [5, 5.41) is 5.60. The molecule has 3 heterocycles. The maximum absolute atomic E-state index is 13.4. The van der Waals surface area contributed by atoms with E-state index in [2.05, 4.69) is 16.2 Å². The van der Waals surface area contributed by atoms with Gasteiger partial charge >= 0.3 is 0 Å². The Balaban J connectivity index is 2.00. The highest BCUT2D eigenvalue weighted by Gasteiger charge is 2.22. The lowest BCUT2D eigenvalue weighted by Crippen LogP contribution is -2.31. The summed E-state index contributed by atoms with van der Waals surface area (Å²) < 4.78 is 19.3. The molecule has 4 nitrogen and oxygen atoms in total. The fourth-order valence-corrected chi connectivity index (χ4v) is 3.32. The Morgan fingerprint density at radius 1 is 1.56 bits per heavy atom. The zero-order valence-corrected chi connectivity index (χ0v) is 15.1. The smallest absolute Gasteiger partial charge is 0.177 e. The van der Waals surface area contributed by atoms with E-state index in [0.717, 1.165) is 0 Å². The van der Waals surface area contributed by atoms with Crippen LogP contribution in [0.5, 0.6) is 0 Å². The average molecular weight is 378 g/mol. The van der Waals surface area contributed by atoms with Crippen LogP contribution in [0.3, 0.4) is 0 Å². The fourth-order valence-electron chi connectivity index (χ4n) is 2.48. The first-order valence-corrected chi connectivity index (χ1v) is 8.99. The third-order valence-electron chi connectivity index (χ3n) is 3.87. The van der Waals surface area contributed by atoms with Gasteiger partial charge in [-0.2, -0.15) is 0 Å². The second kappa shape index (κ2) is 7.44. The molecular formula is C18H17ClFN3OS. The number of nitrogens with zero attached hydrogens (tertiary/aromatic N) is 1. The number of rotatable bonds is 6. The molecule has 0 aromatic carbocycles. The molecule has 3 aromatic heterocycles. The SMILES string of the molecule is C#Cc1c(C[C@@H](N)[C@H](C)F)oc2c(NCc3cccs3)cc(Cl)nc12. The van der Waals surface area contributed by atoms with E-state index < -0.39 is 12.2 Å². The lowest BCUT2D eigenvalue weighted by Gasteiger charge is -2.10. The molecule has 0 aliphatic rings. The van der Waals surface area contributed by atoms with Crippen LogP contribution in [0.2, 0.25) is 5.15 Å². The van der Waals surface area contributed by atoms with Crippen molar-refractivity contribution in [1.29, 1.82) is 0 Å². The lowest BCUT2D eigenvalue weighted by atomic mass is 10.1. The van der Waals surface area contributed by atoms with Crippen LogP contribution in [-0.4, -0.2) is 17.2 Å². The van der Waals surface area contributed by atoms with Crippen molar-refractivity contribution in [1.82, 2.24) is 4.98 Å². The summed E-state index contributed by atoms with van der Waals surface area (Å²) >= 11 is 7.78. The Labute approximate surface area is 154 Å². The summed E-state index contributed by atoms with van der Waals surface area (Å²) in [6.07, 6.45) is 4.63. The minimum Gasteiger partial charge on any atom is -0.456 e. The first kappa shape index (κ1) is 17.7. The standard InChI is InChI=1S/C18H17ClFN3OS/c1-3-12-15(7-13(21)10(2)20)24-18-14(8-16(19)23-17(12)18)22-9-11-5-4-6-25-11/h1,4-6,8,10,13H,7,9,21H2,2H3,(H,22,23)/t10-,13+/m0/s1. The minimum absolute atomic E-state index is 0.190. The van der Waals surface area contributed by atoms with E-state index >= 15 is 0 Å². The fraction of sp³-hybridized carbons (Fsp3) is 0.278. The van der Waals surface area contributed by atoms with Crippen LogP contribution in [0.15, 0.2) is 28.0 Å². The summed E-state index contributed by atoms with van der Waals surface area (Å²) in [4.78, 5) is 5.45. The van der Waals surface area contributed by atoms with Gasteiger partial charge in [-0.05, 0) is 18.4 Å². The molecule has 0 unspecified atom stereocenters. The van der Waals surface area contributed by atoms with Crippen molar-refractivity contribution in [3.63, 3.8) is 0 Å². The van der Waals surface area contributed by atoms with Crippen LogP contribution in [0, 0.1) is 12.3 Å². The van der Waals surface area contributed by atoms with Gasteiger partial charge in [0, 0.05) is 30.0 Å². The summed E-state index contributed by atoms with van der Waals surface area (Å²) in [5.74, 6) is 3.02. The van der Waals surface area contributed by atoms with Gasteiger partial charge < -0.3 is 15.5 Å². The van der Waals surface area contributed by atoms with Crippen LogP contribution in [0.4, 0.5) is 10.1 Å². The molecule has 7 heteroatoms. The average Bonchev–Trinajstić information content (AvgIpc) is 3.19. The predicted octanol–water partition coefficient (Wildman–Crippen LogP) is 4.36. The highest BCUT2D eigenvalue weighted by molar-refractivity contribution is 7.09. The summed E-state index contributed by atoms with van der Waals surface area (Å²) in [6, 6.07) is 4.99. The van der Waals surface area contributed by atoms with Crippen LogP contribution in [0.1, 0.15) is 23.1 Å². The highest BCUT2D eigenvalue weighted by Crippen LogP contribution is 2.33. The first-order valence-electron chi connectivity index (χ1n) is 7.74. The minimum atomic E-state index is -1.17. The third kappa shape index (κ3) is 3.79. The van der Waals surface area contributed by atoms with Gasteiger partial charge in [0.1, 0.15) is 22.6 Å². The third-order valence-corrected chi connectivity index (χ3v) is 4.94. The number of pyridine rings is 1. The molecule has 3 aromatic rings. The molecule has 0 aliphatic heterocycles. The van der Waals surface area contributed by atoms with Gasteiger partial charge in [-0.1, -0.05) is 23.6 Å². The van der Waals surface area contributed by atoms with E-state index in [-0.39, 0.29) is 6.42 Å². The van der Waals surface area contributed by atoms with Crippen LogP contribution >= 0.6 is 22.9 Å². The normalized spacial score (nSPS) is 13.6. The Bertz CT molecular complexity index is 915. The summed E-state index contributed by atoms with van der Waals surface area (Å²) in [7, 11) is 0. The van der Waals surface area contributed by atoms with Crippen molar-refractivity contribution in [3.05, 3.63) is 44.9 Å². The van der Waals surface area contributed by atoms with Gasteiger partial charge in [-0.3, -0.25) is 0 Å². The molecule has 0 radical (unpaired) electrons. The van der Waals surface area contributed by atoms with E-state index in [1.54, 1.807) is 17.4 Å². The molecule has 2 atom stereocenters. The van der Waals surface area contributed by atoms with Crippen molar-refractivity contribution in [2.45, 2.75) is 32.1 Å². The molecule has 3 N–H and O–H groups in total. The number of terminal acetylenes is 1. The number of hydrogen-bond donors (Lipinski definition) is 2. The van der Waals surface area contributed by atoms with Gasteiger partial charge in [0.25, 0.3) is 0 Å². The van der Waals surface area contributed by atoms with Crippen LogP contribution in [-0.2, 0) is 13.0 Å². The quantitative estimate of drug-likeness (QED) is 0.494. The lowest BCUT2D eigenvalue weighted by molar-refractivity contribution is 0.296. The zero-order valence-electron chi connectivity index (χ0n) is 13.6. The zero-order chi connectivity index (χ0) is 18.0. The van der Waals surface area contributed by atoms with E-state index in [4.69, 9.17) is 28.2 Å². The highest BCUT2D eigenvalue weighted by atomic mass is 35.5. The molecular weight excluding hydrogens is 361 g/mol. The molecule has 0 aliphatic carbocycles. The number of hydrogen-bond acceptors (Lipinski definition) is 5. The van der Waals surface area contributed by atoms with E-state index in [9.17, 15) is 4.39 Å². The van der Waals surface area contributed by atoms with Crippen LogP contribution < -0.4 is 11.1 Å². The Morgan fingerprint density at radius 3 is 3.00 bits per heavy atom. The summed E-state index contributed by atoms with van der Waals surface area (Å²) in [5.41, 5.74) is 7.96. The molecule has 0 amide bonds. The van der Waals surface area contributed by atoms with Gasteiger partial charge in [-0.25, -0.2) is 9.37 Å². The Morgan fingerprint density at radius 2 is 2.36 bits per heavy atom. The second-order valence-corrected chi connectivity index (χ2v) is 7.11. The molecule has 3 rings (SSSR count). The van der Waals surface area contributed by atoms with Gasteiger partial charge in [0.2, 0.25) is 0 Å². The first-order chi connectivity index (χ1) is 12.0. The molecule has 0 fully saturated rings. The van der Waals surface area contributed by atoms with Crippen molar-refractivity contribution in [2.75, 3.05) is 5.32 Å². The number of halogens is 2. The largest absolute Gasteiger partial charge is 0.456 e. The van der Waals surface area contributed by atoms with Gasteiger partial charge in [0.15, 0.2) is 5.58 Å². The number of nitrogens with one attached hydrogen (secondary N) is 1. The molecule has 25 heavy (non-hydrogen) atoms. The predicted molar refractivity (Wildman–Crippen MR) is 101 cm³/mol. The molecule has 0 saturated carbocycles. The topological polar surface area (TPSA) is 64.1 Å². The van der Waals surface area contributed by atoms with Gasteiger partial charge in [0.05, 0.1) is 11.3 Å². The maximum atomic E-state index is 13.4. The van der Waals surface area contributed by atoms with Gasteiger partial charge in [-0.15, -0.1) is 17.8 Å². The van der Waals surface area contributed by atoms with Crippen molar-refractivity contribution >= 4 is 39.7 Å². The number of thiophene rings is 1. The Kier molecular flexibility index (Phi) is 5.28. The van der Waals surface area contributed by atoms with E-state index in [0.29, 0.717) is 39.8 Å². The maximum Gasteiger partial charge on any atom is 0.177 e. The monoisotopic (exact) mass is 377 g/mol. The number of alkyl halides is 1. The van der Waals surface area contributed by atoms with Crippen molar-refractivity contribution in [3.8, 4) is 12.3 Å². The number of fused-ring (bicyclic) bond motifs is 1. The number of furan rings is 1. The second-order valence-electron chi connectivity index (χ2n) is 5.69. The van der Waals surface area contributed by atoms with E-state index in [1.807, 2.05) is 17.5 Å². The number of nitrogens with two attached hydrogens (primary N) is 1. The van der Waals surface area contributed by atoms with E-state index in [1.165, 1.54) is 11.8 Å². The number of aromatic nitrogens is 1. The molecule has 0 bridgehead atoms. The molecule has 0 spiro atoms. The number of anilines is 1.